The summed E-state index contributed by atoms with van der Waals surface area (Å²) in [5, 5.41) is 5.32. The molecular formula is C25H25F3N4O4S. The lowest BCUT2D eigenvalue weighted by Crippen LogP contribution is -2.38. The van der Waals surface area contributed by atoms with E-state index in [9.17, 15) is 26.4 Å². The molecule has 0 bridgehead atoms. The summed E-state index contributed by atoms with van der Waals surface area (Å²) < 4.78 is 71.0. The number of anilines is 1. The van der Waals surface area contributed by atoms with Gasteiger partial charge in [-0.1, -0.05) is 42.5 Å². The van der Waals surface area contributed by atoms with Gasteiger partial charge in [0.05, 0.1) is 28.7 Å². The number of esters is 1. The molecule has 0 saturated carbocycles. The molecule has 8 nitrogen and oxygen atoms in total. The third kappa shape index (κ3) is 5.91. The fraction of sp³-hybridized carbons (Fsp3) is 0.320. The Kier molecular flexibility index (Phi) is 7.51. The number of nitrogens with zero attached hydrogens (tertiary/aromatic N) is 3. The van der Waals surface area contributed by atoms with E-state index in [0.717, 1.165) is 0 Å². The highest BCUT2D eigenvalue weighted by Crippen LogP contribution is 2.41. The molecule has 37 heavy (non-hydrogen) atoms. The van der Waals surface area contributed by atoms with Crippen LogP contribution in [0.3, 0.4) is 0 Å². The van der Waals surface area contributed by atoms with E-state index in [1.807, 2.05) is 0 Å². The van der Waals surface area contributed by atoms with Crippen molar-refractivity contribution in [3.63, 3.8) is 0 Å². The standard InChI is InChI=1S/C25H25F3N4O4S/c1-2-36-23(33)17-11-13-32(14-12-17)22-20(18-9-6-10-19(15-18)37(29,34)35)21(16-7-4-3-5-8-16)30-24(31-22)25(26,27)28/h3-10,15,17H,2,11-14H2,1H3,(H2,29,34,35). The van der Waals surface area contributed by atoms with Crippen LogP contribution in [0.25, 0.3) is 22.4 Å². The summed E-state index contributed by atoms with van der Waals surface area (Å²) in [6, 6.07) is 13.9. The van der Waals surface area contributed by atoms with Gasteiger partial charge in [0, 0.05) is 18.7 Å². The Morgan fingerprint density at radius 1 is 1.05 bits per heavy atom. The van der Waals surface area contributed by atoms with Gasteiger partial charge in [-0.25, -0.2) is 23.5 Å². The smallest absolute Gasteiger partial charge is 0.451 e. The van der Waals surface area contributed by atoms with E-state index in [1.54, 1.807) is 48.2 Å². The van der Waals surface area contributed by atoms with Crippen molar-refractivity contribution in [1.82, 2.24) is 9.97 Å². The first-order valence-corrected chi connectivity index (χ1v) is 13.1. The molecular weight excluding hydrogens is 509 g/mol. The quantitative estimate of drug-likeness (QED) is 0.470. The lowest BCUT2D eigenvalue weighted by Gasteiger charge is -2.33. The van der Waals surface area contributed by atoms with Gasteiger partial charge in [-0.15, -0.1) is 0 Å². The number of carbonyl (C=O) groups is 1. The second kappa shape index (κ2) is 10.5. The Morgan fingerprint density at radius 2 is 1.70 bits per heavy atom. The summed E-state index contributed by atoms with van der Waals surface area (Å²) in [5.74, 6) is -2.04. The Balaban J connectivity index is 1.92. The number of hydrogen-bond acceptors (Lipinski definition) is 7. The van der Waals surface area contributed by atoms with Crippen molar-refractivity contribution in [3.8, 4) is 22.4 Å². The van der Waals surface area contributed by atoms with Gasteiger partial charge in [0.25, 0.3) is 0 Å². The third-order valence-electron chi connectivity index (χ3n) is 6.06. The first kappa shape index (κ1) is 26.6. The Labute approximate surface area is 212 Å². The molecule has 3 aromatic rings. The summed E-state index contributed by atoms with van der Waals surface area (Å²) in [5.41, 5.74) is 0.923. The molecule has 1 aliphatic rings. The lowest BCUT2D eigenvalue weighted by atomic mass is 9.95. The molecule has 0 atom stereocenters. The van der Waals surface area contributed by atoms with Crippen molar-refractivity contribution < 1.29 is 31.1 Å². The monoisotopic (exact) mass is 534 g/mol. The van der Waals surface area contributed by atoms with Gasteiger partial charge in [0.2, 0.25) is 15.8 Å². The van der Waals surface area contributed by atoms with Crippen molar-refractivity contribution in [2.45, 2.75) is 30.8 Å². The fourth-order valence-electron chi connectivity index (χ4n) is 4.29. The Hall–Kier alpha value is -3.51. The first-order valence-electron chi connectivity index (χ1n) is 11.6. The van der Waals surface area contributed by atoms with Crippen LogP contribution in [-0.2, 0) is 25.7 Å². The molecule has 0 amide bonds. The largest absolute Gasteiger partial charge is 0.466 e. The predicted molar refractivity (Wildman–Crippen MR) is 131 cm³/mol. The minimum absolute atomic E-state index is 0.00277. The molecule has 4 rings (SSSR count). The van der Waals surface area contributed by atoms with E-state index in [2.05, 4.69) is 9.97 Å². The van der Waals surface area contributed by atoms with Crippen LogP contribution in [0.15, 0.2) is 59.5 Å². The zero-order valence-corrected chi connectivity index (χ0v) is 20.7. The number of piperidine rings is 1. The van der Waals surface area contributed by atoms with Crippen molar-refractivity contribution in [1.29, 1.82) is 0 Å². The molecule has 1 saturated heterocycles. The molecule has 196 valence electrons. The minimum Gasteiger partial charge on any atom is -0.466 e. The van der Waals surface area contributed by atoms with Crippen LogP contribution < -0.4 is 10.0 Å². The number of alkyl halides is 3. The van der Waals surface area contributed by atoms with Crippen molar-refractivity contribution in [2.24, 2.45) is 11.1 Å². The van der Waals surface area contributed by atoms with Gasteiger partial charge < -0.3 is 9.64 Å². The fourth-order valence-corrected chi connectivity index (χ4v) is 4.85. The maximum Gasteiger partial charge on any atom is 0.451 e. The molecule has 0 unspecified atom stereocenters. The van der Waals surface area contributed by atoms with Crippen LogP contribution in [0.5, 0.6) is 0 Å². The highest BCUT2D eigenvalue weighted by atomic mass is 32.2. The van der Waals surface area contributed by atoms with Crippen molar-refractivity contribution in [2.75, 3.05) is 24.6 Å². The van der Waals surface area contributed by atoms with Gasteiger partial charge >= 0.3 is 12.1 Å². The number of ether oxygens (including phenoxy) is 1. The Bertz CT molecular complexity index is 1390. The normalized spacial score (nSPS) is 15.0. The summed E-state index contributed by atoms with van der Waals surface area (Å²) in [6.45, 7) is 2.44. The van der Waals surface area contributed by atoms with E-state index in [0.29, 0.717) is 24.0 Å². The van der Waals surface area contributed by atoms with E-state index in [4.69, 9.17) is 9.88 Å². The molecule has 0 spiro atoms. The summed E-state index contributed by atoms with van der Waals surface area (Å²) in [6.07, 6.45) is -4.11. The van der Waals surface area contributed by atoms with Gasteiger partial charge in [0.15, 0.2) is 0 Å². The molecule has 2 aromatic carbocycles. The zero-order chi connectivity index (χ0) is 26.8. The number of carbonyl (C=O) groups excluding carboxylic acids is 1. The van der Waals surface area contributed by atoms with Crippen LogP contribution in [0.1, 0.15) is 25.6 Å². The van der Waals surface area contributed by atoms with Crippen LogP contribution in [0.2, 0.25) is 0 Å². The molecule has 12 heteroatoms. The van der Waals surface area contributed by atoms with Gasteiger partial charge in [-0.2, -0.15) is 13.2 Å². The number of primary sulfonamides is 1. The molecule has 0 aliphatic carbocycles. The summed E-state index contributed by atoms with van der Waals surface area (Å²) >= 11 is 0. The second-order valence-corrected chi connectivity index (χ2v) is 10.1. The number of sulfonamides is 1. The van der Waals surface area contributed by atoms with Gasteiger partial charge in [0.1, 0.15) is 5.82 Å². The third-order valence-corrected chi connectivity index (χ3v) is 6.97. The van der Waals surface area contributed by atoms with Crippen LogP contribution >= 0.6 is 0 Å². The van der Waals surface area contributed by atoms with Gasteiger partial charge in [-0.05, 0) is 37.5 Å². The average Bonchev–Trinajstić information content (AvgIpc) is 2.88. The second-order valence-electron chi connectivity index (χ2n) is 8.54. The van der Waals surface area contributed by atoms with Crippen molar-refractivity contribution >= 4 is 21.8 Å². The molecule has 0 radical (unpaired) electrons. The molecule has 2 N–H and O–H groups in total. The van der Waals surface area contributed by atoms with E-state index >= 15 is 0 Å². The van der Waals surface area contributed by atoms with E-state index < -0.39 is 22.0 Å². The maximum atomic E-state index is 13.9. The van der Waals surface area contributed by atoms with E-state index in [1.165, 1.54) is 18.2 Å². The molecule has 1 aliphatic heterocycles. The molecule has 1 aromatic heterocycles. The number of hydrogen-bond donors (Lipinski definition) is 1. The number of nitrogens with two attached hydrogens (primary N) is 1. The molecule has 1 fully saturated rings. The summed E-state index contributed by atoms with van der Waals surface area (Å²) in [4.78, 5) is 21.5. The highest BCUT2D eigenvalue weighted by Gasteiger charge is 2.38. The van der Waals surface area contributed by atoms with Crippen LogP contribution in [0.4, 0.5) is 19.0 Å². The number of aromatic nitrogens is 2. The summed E-state index contributed by atoms with van der Waals surface area (Å²) in [7, 11) is -4.09. The number of halogens is 3. The average molecular weight is 535 g/mol. The maximum absolute atomic E-state index is 13.9. The minimum atomic E-state index is -4.83. The molecule has 2 heterocycles. The van der Waals surface area contributed by atoms with Crippen LogP contribution in [-0.4, -0.2) is 44.1 Å². The zero-order valence-electron chi connectivity index (χ0n) is 19.9. The lowest BCUT2D eigenvalue weighted by molar-refractivity contribution is -0.148. The topological polar surface area (TPSA) is 115 Å². The van der Waals surface area contributed by atoms with E-state index in [-0.39, 0.29) is 53.6 Å². The number of rotatable bonds is 6. The van der Waals surface area contributed by atoms with Gasteiger partial charge in [-0.3, -0.25) is 4.79 Å². The van der Waals surface area contributed by atoms with Crippen molar-refractivity contribution in [3.05, 3.63) is 60.4 Å². The highest BCUT2D eigenvalue weighted by molar-refractivity contribution is 7.89. The SMILES string of the molecule is CCOC(=O)C1CCN(c2nc(C(F)(F)F)nc(-c3ccccc3)c2-c2cccc(S(N)(=O)=O)c2)CC1. The van der Waals surface area contributed by atoms with Crippen LogP contribution in [0, 0.1) is 5.92 Å². The first-order chi connectivity index (χ1) is 17.5. The predicted octanol–water partition coefficient (Wildman–Crippen LogP) is 4.26. The number of benzene rings is 2. The Morgan fingerprint density at radius 3 is 2.30 bits per heavy atom.